The van der Waals surface area contributed by atoms with Gasteiger partial charge in [-0.1, -0.05) is 31.2 Å². The first-order chi connectivity index (χ1) is 15.2. The number of carbonyl (C=O) groups excluding carboxylic acids is 1. The molecule has 2 N–H and O–H groups in total. The molecular formula is C22H23FNO6PS. The van der Waals surface area contributed by atoms with Crippen LogP contribution in [-0.2, 0) is 14.1 Å². The molecule has 0 aliphatic heterocycles. The Bertz CT molecular complexity index is 1150. The van der Waals surface area contributed by atoms with Gasteiger partial charge in [0.05, 0.1) is 6.61 Å². The van der Waals surface area contributed by atoms with Crippen LogP contribution in [0.2, 0.25) is 0 Å². The molecule has 1 aromatic heterocycles. The highest BCUT2D eigenvalue weighted by Crippen LogP contribution is 2.58. The molecule has 0 amide bonds. The highest BCUT2D eigenvalue weighted by molar-refractivity contribution is 7.57. The lowest BCUT2D eigenvalue weighted by Crippen LogP contribution is -2.35. The first-order valence-electron chi connectivity index (χ1n) is 9.93. The number of esters is 1. The van der Waals surface area contributed by atoms with E-state index < -0.39 is 31.4 Å². The van der Waals surface area contributed by atoms with E-state index in [-0.39, 0.29) is 22.8 Å². The quantitative estimate of drug-likeness (QED) is 0.281. The van der Waals surface area contributed by atoms with Gasteiger partial charge in [-0.15, -0.1) is 11.3 Å². The Kier molecular flexibility index (Phi) is 7.66. The maximum absolute atomic E-state index is 15.7. The molecule has 1 heterocycles. The van der Waals surface area contributed by atoms with Gasteiger partial charge in [-0.2, -0.15) is 0 Å². The number of fused-ring (bicyclic) bond motifs is 1. The third kappa shape index (κ3) is 5.54. The molecule has 0 aliphatic rings. The summed E-state index contributed by atoms with van der Waals surface area (Å²) in [6.07, 6.45) is 0.612. The van der Waals surface area contributed by atoms with Crippen LogP contribution in [0, 0.1) is 0 Å². The molecule has 2 aromatic carbocycles. The van der Waals surface area contributed by atoms with Crippen LogP contribution in [-0.4, -0.2) is 29.7 Å². The monoisotopic (exact) mass is 479 g/mol. The van der Waals surface area contributed by atoms with Crippen LogP contribution in [0.5, 0.6) is 5.75 Å². The minimum absolute atomic E-state index is 0.0353. The highest BCUT2D eigenvalue weighted by Gasteiger charge is 2.40. The summed E-state index contributed by atoms with van der Waals surface area (Å²) in [4.78, 5) is 23.5. The predicted molar refractivity (Wildman–Crippen MR) is 121 cm³/mol. The number of carboxylic acids is 1. The summed E-state index contributed by atoms with van der Waals surface area (Å²) >= 11 is 1.06. The van der Waals surface area contributed by atoms with Gasteiger partial charge in [-0.3, -0.25) is 9.36 Å². The maximum atomic E-state index is 15.7. The molecule has 1 unspecified atom stereocenters. The Hall–Kier alpha value is -2.74. The van der Waals surface area contributed by atoms with Crippen LogP contribution in [0.4, 0.5) is 4.39 Å². The molecular weight excluding hydrogens is 456 g/mol. The van der Waals surface area contributed by atoms with E-state index in [0.29, 0.717) is 16.5 Å². The second-order valence-electron chi connectivity index (χ2n) is 7.07. The van der Waals surface area contributed by atoms with Gasteiger partial charge in [0.1, 0.15) is 16.7 Å². The minimum atomic E-state index is -4.32. The van der Waals surface area contributed by atoms with E-state index in [1.165, 1.54) is 37.3 Å². The lowest BCUT2D eigenvalue weighted by molar-refractivity contribution is -0.145. The van der Waals surface area contributed by atoms with Crippen LogP contribution < -0.4 is 9.61 Å². The van der Waals surface area contributed by atoms with Gasteiger partial charge in [0.25, 0.3) is 0 Å². The fraction of sp³-hybridized carbons (Fsp3) is 0.273. The van der Waals surface area contributed by atoms with Gasteiger partial charge in [-0.05, 0) is 54.6 Å². The largest absolute Gasteiger partial charge is 0.477 e. The van der Waals surface area contributed by atoms with Crippen LogP contribution in [0.25, 0.3) is 10.1 Å². The number of alkyl halides is 1. The lowest BCUT2D eigenvalue weighted by atomic mass is 10.2. The molecule has 3 atom stereocenters. The Labute approximate surface area is 188 Å². The second-order valence-corrected chi connectivity index (χ2v) is 10.2. The van der Waals surface area contributed by atoms with Crippen molar-refractivity contribution in [3.05, 3.63) is 65.0 Å². The lowest BCUT2D eigenvalue weighted by Gasteiger charge is -2.26. The van der Waals surface area contributed by atoms with Gasteiger partial charge in [0.2, 0.25) is 5.91 Å². The summed E-state index contributed by atoms with van der Waals surface area (Å²) in [6, 6.07) is 12.9. The molecule has 0 saturated carbocycles. The van der Waals surface area contributed by atoms with Crippen molar-refractivity contribution >= 4 is 40.9 Å². The zero-order valence-electron chi connectivity index (χ0n) is 17.5. The fourth-order valence-electron chi connectivity index (χ4n) is 2.94. The average molecular weight is 479 g/mol. The Morgan fingerprint density at radius 3 is 2.56 bits per heavy atom. The number of ether oxygens (including phenoxy) is 1. The number of hydrogen-bond acceptors (Lipinski definition) is 6. The Morgan fingerprint density at radius 2 is 1.91 bits per heavy atom. The molecule has 170 valence electrons. The Balaban J connectivity index is 1.94. The van der Waals surface area contributed by atoms with E-state index in [1.54, 1.807) is 24.3 Å². The van der Waals surface area contributed by atoms with Crippen molar-refractivity contribution in [1.29, 1.82) is 0 Å². The van der Waals surface area contributed by atoms with Crippen molar-refractivity contribution in [3.8, 4) is 5.75 Å². The van der Waals surface area contributed by atoms with Crippen molar-refractivity contribution in [3.63, 3.8) is 0 Å². The van der Waals surface area contributed by atoms with Crippen LogP contribution in [0.15, 0.2) is 54.6 Å². The smallest absolute Gasteiger partial charge is 0.355 e. The van der Waals surface area contributed by atoms with Gasteiger partial charge in [0.15, 0.2) is 0 Å². The molecule has 3 rings (SSSR count). The number of carboxylic acid groups (broad SMARTS) is 1. The van der Waals surface area contributed by atoms with Crippen LogP contribution >= 0.6 is 18.9 Å². The molecule has 3 aromatic rings. The van der Waals surface area contributed by atoms with Gasteiger partial charge in [-0.25, -0.2) is 14.3 Å². The first-order valence-corrected chi connectivity index (χ1v) is 12.4. The third-order valence-electron chi connectivity index (χ3n) is 4.48. The normalized spacial score (nSPS) is 15.0. The molecule has 0 bridgehead atoms. The molecule has 0 spiro atoms. The van der Waals surface area contributed by atoms with Gasteiger partial charge < -0.3 is 14.4 Å². The first kappa shape index (κ1) is 23.9. The molecule has 7 nitrogen and oxygen atoms in total. The number of aromatic carboxylic acids is 1. The number of hydrogen-bond donors (Lipinski definition) is 2. The number of thiophene rings is 1. The van der Waals surface area contributed by atoms with E-state index in [0.717, 1.165) is 11.3 Å². The third-order valence-corrected chi connectivity index (χ3v) is 7.71. The summed E-state index contributed by atoms with van der Waals surface area (Å²) < 4.78 is 40.7. The molecule has 10 heteroatoms. The van der Waals surface area contributed by atoms with Crippen molar-refractivity contribution in [2.75, 3.05) is 6.61 Å². The average Bonchev–Trinajstić information content (AvgIpc) is 3.21. The van der Waals surface area contributed by atoms with Crippen LogP contribution in [0.3, 0.4) is 0 Å². The van der Waals surface area contributed by atoms with Crippen LogP contribution in [0.1, 0.15) is 41.4 Å². The summed E-state index contributed by atoms with van der Waals surface area (Å²) in [6.45, 7) is 3.45. The van der Waals surface area contributed by atoms with E-state index in [4.69, 9.17) is 9.26 Å². The van der Waals surface area contributed by atoms with E-state index >= 15 is 4.39 Å². The minimum Gasteiger partial charge on any atom is -0.477 e. The number of halogens is 1. The van der Waals surface area contributed by atoms with Crippen molar-refractivity contribution in [1.82, 2.24) is 5.09 Å². The maximum Gasteiger partial charge on any atom is 0.355 e. The van der Waals surface area contributed by atoms with Crippen molar-refractivity contribution in [2.45, 2.75) is 32.2 Å². The zero-order chi connectivity index (χ0) is 23.3. The highest BCUT2D eigenvalue weighted by atomic mass is 32.1. The standard InChI is InChI=1S/C22H23FNO6PS/c1-3-11-29-22(27)14(2)24-31(28,30-17-7-5-4-6-8-17)20(23)15-9-10-18-16(12-15)13-19(32-18)21(25)26/h4-10,12-14,20H,3,11H2,1-2H3,(H,24,28)(H,25,26)/t14-,20+,31?/m0/s1. The number of para-hydroxylation sites is 1. The molecule has 0 saturated heterocycles. The van der Waals surface area contributed by atoms with E-state index in [9.17, 15) is 19.3 Å². The summed E-state index contributed by atoms with van der Waals surface area (Å²) in [5, 5.41) is 12.2. The summed E-state index contributed by atoms with van der Waals surface area (Å²) in [5.74, 6) is -3.70. The summed E-state index contributed by atoms with van der Waals surface area (Å²) in [5.41, 5.74) is 0.0353. The fourth-order valence-corrected chi connectivity index (χ4v) is 5.73. The van der Waals surface area contributed by atoms with Crippen molar-refractivity contribution in [2.24, 2.45) is 0 Å². The van der Waals surface area contributed by atoms with Crippen molar-refractivity contribution < 1.29 is 32.9 Å². The second kappa shape index (κ2) is 10.3. The van der Waals surface area contributed by atoms with Gasteiger partial charge >= 0.3 is 19.5 Å². The molecule has 0 aliphatic carbocycles. The SMILES string of the molecule is CCCOC(=O)[C@H](C)NP(=O)(Oc1ccccc1)[C@@H](F)c1ccc2sc(C(=O)O)cc2c1. The van der Waals surface area contributed by atoms with E-state index in [2.05, 4.69) is 5.09 Å². The Morgan fingerprint density at radius 1 is 1.19 bits per heavy atom. The van der Waals surface area contributed by atoms with E-state index in [1.807, 2.05) is 6.92 Å². The number of carbonyl (C=O) groups is 2. The number of rotatable bonds is 10. The molecule has 0 fully saturated rings. The summed E-state index contributed by atoms with van der Waals surface area (Å²) in [7, 11) is -4.32. The molecule has 0 radical (unpaired) electrons. The number of nitrogens with one attached hydrogen (secondary N) is 1. The number of benzene rings is 2. The van der Waals surface area contributed by atoms with Gasteiger partial charge in [0, 0.05) is 4.70 Å². The zero-order valence-corrected chi connectivity index (χ0v) is 19.2. The molecule has 32 heavy (non-hydrogen) atoms. The predicted octanol–water partition coefficient (Wildman–Crippen LogP) is 5.77. The topological polar surface area (TPSA) is 102 Å².